The first kappa shape index (κ1) is 24.4. The van der Waals surface area contributed by atoms with Crippen molar-refractivity contribution in [3.63, 3.8) is 0 Å². The molecule has 11 nitrogen and oxygen atoms in total. The molecule has 0 amide bonds. The SMILES string of the molecule is N#CCCCC#N.NNC(N)=S.Nc1nnc(CCCc2nnc(N)s2)s1. The zero-order valence-electron chi connectivity index (χ0n) is 14.5. The van der Waals surface area contributed by atoms with Gasteiger partial charge in [-0.2, -0.15) is 10.5 Å². The van der Waals surface area contributed by atoms with E-state index in [0.29, 0.717) is 29.5 Å². The fourth-order valence-electron chi connectivity index (χ4n) is 1.37. The average molecular weight is 428 g/mol. The highest BCUT2D eigenvalue weighted by atomic mass is 32.1. The average Bonchev–Trinajstić information content (AvgIpc) is 3.25. The normalized spacial score (nSPS) is 8.85. The molecule has 2 heterocycles. The second-order valence-corrected chi connectivity index (χ2v) is 7.23. The van der Waals surface area contributed by atoms with Gasteiger partial charge in [0.2, 0.25) is 10.3 Å². The first-order valence-corrected chi connectivity index (χ1v) is 9.62. The zero-order valence-corrected chi connectivity index (χ0v) is 16.9. The number of rotatable bonds is 6. The lowest BCUT2D eigenvalue weighted by atomic mass is 10.2. The van der Waals surface area contributed by atoms with E-state index in [1.54, 1.807) is 0 Å². The van der Waals surface area contributed by atoms with Crippen molar-refractivity contribution < 1.29 is 0 Å². The number of hydrazine groups is 1. The van der Waals surface area contributed by atoms with Crippen molar-refractivity contribution in [3.05, 3.63) is 10.0 Å². The molecule has 0 bridgehead atoms. The van der Waals surface area contributed by atoms with Crippen LogP contribution < -0.4 is 28.5 Å². The molecule has 2 aromatic rings. The van der Waals surface area contributed by atoms with E-state index in [9.17, 15) is 0 Å². The van der Waals surface area contributed by atoms with Gasteiger partial charge in [-0.05, 0) is 25.1 Å². The van der Waals surface area contributed by atoms with E-state index in [0.717, 1.165) is 29.3 Å². The summed E-state index contributed by atoms with van der Waals surface area (Å²) in [6.07, 6.45) is 4.43. The minimum absolute atomic E-state index is 0.116. The summed E-state index contributed by atoms with van der Waals surface area (Å²) >= 11 is 7.09. The Morgan fingerprint density at radius 2 is 1.33 bits per heavy atom. The predicted octanol–water partition coefficient (Wildman–Crippen LogP) is 0.626. The summed E-state index contributed by atoms with van der Waals surface area (Å²) in [4.78, 5) is 0. The molecule has 0 saturated heterocycles. The van der Waals surface area contributed by atoms with Crippen LogP contribution in [0.1, 0.15) is 35.7 Å². The Bertz CT molecular complexity index is 689. The van der Waals surface area contributed by atoms with Crippen molar-refractivity contribution in [1.82, 2.24) is 25.8 Å². The maximum atomic E-state index is 7.93. The molecule has 27 heavy (non-hydrogen) atoms. The van der Waals surface area contributed by atoms with Gasteiger partial charge in [-0.1, -0.05) is 22.7 Å². The zero-order chi connectivity index (χ0) is 20.5. The fraction of sp³-hybridized carbons (Fsp3) is 0.462. The molecule has 0 aliphatic carbocycles. The Morgan fingerprint density at radius 3 is 1.59 bits per heavy atom. The Balaban J connectivity index is 0.000000472. The Morgan fingerprint density at radius 1 is 0.926 bits per heavy atom. The number of aromatic nitrogens is 4. The van der Waals surface area contributed by atoms with Gasteiger partial charge < -0.3 is 22.6 Å². The highest BCUT2D eigenvalue weighted by Crippen LogP contribution is 2.16. The number of thiocarbonyl (C=S) groups is 1. The number of nitrogens with zero attached hydrogens (tertiary/aromatic N) is 6. The summed E-state index contributed by atoms with van der Waals surface area (Å²) in [5.41, 5.74) is 17.8. The van der Waals surface area contributed by atoms with Crippen molar-refractivity contribution in [3.8, 4) is 12.1 Å². The van der Waals surface area contributed by atoms with Crippen LogP contribution in [0.2, 0.25) is 0 Å². The minimum Gasteiger partial charge on any atom is -0.375 e. The van der Waals surface area contributed by atoms with E-state index in [4.69, 9.17) is 27.7 Å². The molecule has 0 aliphatic heterocycles. The molecule has 0 aliphatic rings. The number of unbranched alkanes of at least 4 members (excludes halogenated alkanes) is 2. The third kappa shape index (κ3) is 14.2. The number of aryl methyl sites for hydroxylation is 2. The van der Waals surface area contributed by atoms with Gasteiger partial charge in [-0.25, -0.2) is 5.84 Å². The molecule has 9 N–H and O–H groups in total. The van der Waals surface area contributed by atoms with Gasteiger partial charge in [-0.3, -0.25) is 0 Å². The molecule has 0 aromatic carbocycles. The predicted molar refractivity (Wildman–Crippen MR) is 110 cm³/mol. The summed E-state index contributed by atoms with van der Waals surface area (Å²) in [5.74, 6) is 4.66. The number of nitrogen functional groups attached to an aromatic ring is 2. The van der Waals surface area contributed by atoms with Gasteiger partial charge in [0.1, 0.15) is 10.0 Å². The largest absolute Gasteiger partial charge is 0.375 e. The Labute approximate surface area is 170 Å². The van der Waals surface area contributed by atoms with Crippen LogP contribution in [0.15, 0.2) is 0 Å². The highest BCUT2D eigenvalue weighted by molar-refractivity contribution is 7.80. The summed E-state index contributed by atoms with van der Waals surface area (Å²) in [6.45, 7) is 0. The molecule has 2 rings (SSSR count). The molecule has 146 valence electrons. The van der Waals surface area contributed by atoms with E-state index < -0.39 is 0 Å². The molecule has 2 aromatic heterocycles. The molecule has 0 radical (unpaired) electrons. The van der Waals surface area contributed by atoms with Gasteiger partial charge in [-0.15, -0.1) is 20.4 Å². The van der Waals surface area contributed by atoms with E-state index in [2.05, 4.69) is 38.5 Å². The lowest BCUT2D eigenvalue weighted by Gasteiger charge is -1.92. The van der Waals surface area contributed by atoms with Gasteiger partial charge in [0.05, 0.1) is 12.1 Å². The Hall–Kier alpha value is -2.65. The molecule has 14 heteroatoms. The van der Waals surface area contributed by atoms with Crippen molar-refractivity contribution in [2.75, 3.05) is 11.5 Å². The highest BCUT2D eigenvalue weighted by Gasteiger charge is 2.04. The quantitative estimate of drug-likeness (QED) is 0.185. The Kier molecular flexibility index (Phi) is 14.1. The van der Waals surface area contributed by atoms with Gasteiger partial charge in [0, 0.05) is 25.7 Å². The number of hydrogen-bond donors (Lipinski definition) is 5. The van der Waals surface area contributed by atoms with Gasteiger partial charge in [0.25, 0.3) is 0 Å². The molecule has 0 spiro atoms. The third-order valence-corrected chi connectivity index (χ3v) is 4.21. The number of nitriles is 2. The van der Waals surface area contributed by atoms with E-state index in [1.165, 1.54) is 22.7 Å². The number of nitrogens with two attached hydrogens (primary N) is 4. The summed E-state index contributed by atoms with van der Waals surface area (Å²) in [7, 11) is 0. The molecule has 0 saturated carbocycles. The molecular weight excluding hydrogens is 406 g/mol. The van der Waals surface area contributed by atoms with Crippen LogP contribution in [0.25, 0.3) is 0 Å². The molecule has 0 fully saturated rings. The number of nitrogens with one attached hydrogen (secondary N) is 1. The van der Waals surface area contributed by atoms with Crippen LogP contribution in [-0.2, 0) is 12.8 Å². The van der Waals surface area contributed by atoms with Crippen LogP contribution in [-0.4, -0.2) is 25.5 Å². The molecular formula is C13H21N11S3. The maximum Gasteiger partial charge on any atom is 0.203 e. The van der Waals surface area contributed by atoms with Crippen molar-refractivity contribution in [2.45, 2.75) is 38.5 Å². The van der Waals surface area contributed by atoms with Gasteiger partial charge in [0.15, 0.2) is 5.11 Å². The third-order valence-electron chi connectivity index (χ3n) is 2.47. The van der Waals surface area contributed by atoms with E-state index in [-0.39, 0.29) is 5.11 Å². The lowest BCUT2D eigenvalue weighted by molar-refractivity contribution is 0.787. The fourth-order valence-corrected chi connectivity index (χ4v) is 2.67. The van der Waals surface area contributed by atoms with Crippen LogP contribution in [0.5, 0.6) is 0 Å². The van der Waals surface area contributed by atoms with Crippen molar-refractivity contribution >= 4 is 50.3 Å². The van der Waals surface area contributed by atoms with E-state index in [1.807, 2.05) is 17.6 Å². The van der Waals surface area contributed by atoms with Crippen LogP contribution >= 0.6 is 34.9 Å². The maximum absolute atomic E-state index is 7.93. The topological polar surface area (TPSA) is 215 Å². The summed E-state index contributed by atoms with van der Waals surface area (Å²) in [6, 6.07) is 3.90. The first-order valence-electron chi connectivity index (χ1n) is 7.58. The van der Waals surface area contributed by atoms with Crippen LogP contribution in [0, 0.1) is 22.7 Å². The van der Waals surface area contributed by atoms with Crippen LogP contribution in [0.3, 0.4) is 0 Å². The minimum atomic E-state index is 0.116. The lowest BCUT2D eigenvalue weighted by Crippen LogP contribution is -2.34. The number of hydrogen-bond acceptors (Lipinski definition) is 12. The second-order valence-electron chi connectivity index (χ2n) is 4.60. The number of anilines is 2. The van der Waals surface area contributed by atoms with Gasteiger partial charge >= 0.3 is 0 Å². The smallest absolute Gasteiger partial charge is 0.203 e. The standard InChI is InChI=1S/C7H10N6S2.C5H6N2.CH5N3S/c8-6-12-10-4(14-6)2-1-3-5-11-13-7(9)15-5;6-4-2-1-3-5-7;2-1(5)4-3/h1-3H2,(H2,8,12)(H2,9,13);1-3H2;3H2,(H3,2,4,5). The van der Waals surface area contributed by atoms with Crippen molar-refractivity contribution in [1.29, 1.82) is 10.5 Å². The molecule has 0 unspecified atom stereocenters. The first-order chi connectivity index (χ1) is 12.9. The molecule has 0 atom stereocenters. The summed E-state index contributed by atoms with van der Waals surface area (Å²) in [5, 5.41) is 34.3. The van der Waals surface area contributed by atoms with Crippen molar-refractivity contribution in [2.24, 2.45) is 11.6 Å². The monoisotopic (exact) mass is 427 g/mol. The second kappa shape index (κ2) is 15.6. The van der Waals surface area contributed by atoms with Crippen LogP contribution in [0.4, 0.5) is 10.3 Å². The summed E-state index contributed by atoms with van der Waals surface area (Å²) < 4.78 is 0. The van der Waals surface area contributed by atoms with E-state index >= 15 is 0 Å².